The Labute approximate surface area is 161 Å². The van der Waals surface area contributed by atoms with Crippen LogP contribution in [-0.4, -0.2) is 29.1 Å². The zero-order valence-electron chi connectivity index (χ0n) is 14.4. The topological polar surface area (TPSA) is 66.8 Å². The van der Waals surface area contributed by atoms with E-state index >= 15 is 0 Å². The molecule has 0 spiro atoms. The van der Waals surface area contributed by atoms with Gasteiger partial charge in [-0.05, 0) is 13.0 Å². The second-order valence-electron chi connectivity index (χ2n) is 6.05. The number of amides is 1. The number of fused-ring (bicyclic) bond motifs is 1. The van der Waals surface area contributed by atoms with Crippen molar-refractivity contribution in [2.45, 2.75) is 19.1 Å². The fourth-order valence-corrected chi connectivity index (χ4v) is 2.77. The van der Waals surface area contributed by atoms with Gasteiger partial charge in [0.1, 0.15) is 11.9 Å². The maximum absolute atomic E-state index is 14.4. The lowest BCUT2D eigenvalue weighted by Gasteiger charge is -2.35. The second-order valence-corrected chi connectivity index (χ2v) is 6.05. The number of aliphatic carboxylic acids is 1. The van der Waals surface area contributed by atoms with Gasteiger partial charge in [-0.3, -0.25) is 9.69 Å². The Hall–Kier alpha value is -3.38. The van der Waals surface area contributed by atoms with E-state index in [0.29, 0.717) is 0 Å². The lowest BCUT2D eigenvalue weighted by Crippen LogP contribution is -2.55. The molecular formula is C17H7F8NO4. The molecule has 0 bridgehead atoms. The van der Waals surface area contributed by atoms with Gasteiger partial charge in [-0.2, -0.15) is 8.78 Å². The van der Waals surface area contributed by atoms with Crippen LogP contribution in [0.25, 0.3) is 11.1 Å². The quantitative estimate of drug-likeness (QED) is 0.445. The minimum atomic E-state index is -4.62. The number of hydrogen-bond acceptors (Lipinski definition) is 3. The van der Waals surface area contributed by atoms with Gasteiger partial charge in [0.25, 0.3) is 0 Å². The van der Waals surface area contributed by atoms with Gasteiger partial charge in [0.05, 0.1) is 11.3 Å². The van der Waals surface area contributed by atoms with Crippen molar-refractivity contribution < 1.29 is 54.6 Å². The predicted octanol–water partition coefficient (Wildman–Crippen LogP) is 3.98. The maximum Gasteiger partial charge on any atom is 0.483 e. The minimum Gasteiger partial charge on any atom is -0.480 e. The Morgan fingerprint density at radius 2 is 1.50 bits per heavy atom. The summed E-state index contributed by atoms with van der Waals surface area (Å²) in [4.78, 5) is 23.1. The fourth-order valence-electron chi connectivity index (χ4n) is 2.77. The monoisotopic (exact) mass is 441 g/mol. The third-order valence-electron chi connectivity index (χ3n) is 4.24. The molecule has 1 amide bonds. The smallest absolute Gasteiger partial charge is 0.480 e. The molecular weight excluding hydrogens is 434 g/mol. The van der Waals surface area contributed by atoms with Crippen molar-refractivity contribution in [3.8, 4) is 16.9 Å². The van der Waals surface area contributed by atoms with Gasteiger partial charge in [0, 0.05) is 11.6 Å². The van der Waals surface area contributed by atoms with Crippen LogP contribution in [0.2, 0.25) is 0 Å². The molecule has 2 aromatic rings. The van der Waals surface area contributed by atoms with Crippen LogP contribution in [-0.2, 0) is 9.59 Å². The number of carbonyl (C=O) groups is 2. The van der Waals surface area contributed by atoms with Crippen molar-refractivity contribution >= 4 is 17.6 Å². The number of carboxylic acids is 1. The number of nitrogens with zero attached hydrogens (tertiary/aromatic N) is 1. The average molecular weight is 441 g/mol. The van der Waals surface area contributed by atoms with E-state index in [4.69, 9.17) is 5.11 Å². The number of rotatable bonds is 3. The normalized spacial score (nSPS) is 16.2. The maximum atomic E-state index is 14.4. The first-order valence-electron chi connectivity index (χ1n) is 7.78. The zero-order valence-corrected chi connectivity index (χ0v) is 14.4. The molecule has 1 aliphatic heterocycles. The van der Waals surface area contributed by atoms with Crippen LogP contribution in [0, 0.1) is 34.9 Å². The number of carboxylic acid groups (broad SMARTS) is 1. The highest BCUT2D eigenvalue weighted by Crippen LogP contribution is 2.45. The first-order valence-corrected chi connectivity index (χ1v) is 7.78. The summed E-state index contributed by atoms with van der Waals surface area (Å²) in [6.45, 7) is 0.785. The molecule has 0 saturated carbocycles. The van der Waals surface area contributed by atoms with Crippen molar-refractivity contribution in [2.75, 3.05) is 4.90 Å². The predicted molar refractivity (Wildman–Crippen MR) is 81.8 cm³/mol. The van der Waals surface area contributed by atoms with Gasteiger partial charge >= 0.3 is 18.0 Å². The molecule has 1 aliphatic rings. The van der Waals surface area contributed by atoms with Gasteiger partial charge < -0.3 is 9.84 Å². The molecule has 30 heavy (non-hydrogen) atoms. The van der Waals surface area contributed by atoms with Crippen molar-refractivity contribution in [3.05, 3.63) is 47.0 Å². The molecule has 160 valence electrons. The lowest BCUT2D eigenvalue weighted by molar-refractivity contribution is -0.193. The molecule has 0 aliphatic carbocycles. The Morgan fingerprint density at radius 1 is 1.00 bits per heavy atom. The summed E-state index contributed by atoms with van der Waals surface area (Å²) in [5, 5.41) is 9.07. The molecule has 13 heteroatoms. The van der Waals surface area contributed by atoms with E-state index in [1.54, 1.807) is 0 Å². The summed E-state index contributed by atoms with van der Waals surface area (Å²) in [7, 11) is 0. The van der Waals surface area contributed by atoms with Gasteiger partial charge in [-0.15, -0.1) is 0 Å². The van der Waals surface area contributed by atoms with Crippen LogP contribution in [0.1, 0.15) is 6.92 Å². The van der Waals surface area contributed by atoms with E-state index in [0.717, 1.165) is 6.92 Å². The molecule has 1 atom stereocenters. The number of benzene rings is 2. The SMILES string of the molecule is CC(C(=O)O)N1C(=O)C(F)(F)Oc2cc(F)c(-c3c(F)c(F)c(F)c(F)c3F)cc21. The van der Waals surface area contributed by atoms with Gasteiger partial charge in [-0.1, -0.05) is 0 Å². The molecule has 0 radical (unpaired) electrons. The highest BCUT2D eigenvalue weighted by Gasteiger charge is 2.53. The average Bonchev–Trinajstić information content (AvgIpc) is 2.66. The number of anilines is 1. The lowest BCUT2D eigenvalue weighted by atomic mass is 10.00. The largest absolute Gasteiger partial charge is 0.483 e. The molecule has 0 fully saturated rings. The Kier molecular flexibility index (Phi) is 4.87. The molecule has 2 aromatic carbocycles. The van der Waals surface area contributed by atoms with E-state index in [9.17, 15) is 44.7 Å². The third kappa shape index (κ3) is 3.00. The third-order valence-corrected chi connectivity index (χ3v) is 4.24. The van der Waals surface area contributed by atoms with Crippen molar-refractivity contribution in [1.82, 2.24) is 0 Å². The van der Waals surface area contributed by atoms with E-state index in [2.05, 4.69) is 4.74 Å². The summed E-state index contributed by atoms with van der Waals surface area (Å²) in [6.07, 6.45) is -4.62. The van der Waals surface area contributed by atoms with E-state index in [1.165, 1.54) is 0 Å². The van der Waals surface area contributed by atoms with Crippen LogP contribution in [0.15, 0.2) is 12.1 Å². The Bertz CT molecular complexity index is 1070. The minimum absolute atomic E-state index is 0.0594. The molecule has 1 N–H and O–H groups in total. The van der Waals surface area contributed by atoms with Gasteiger partial charge in [0.2, 0.25) is 5.82 Å². The molecule has 0 saturated heterocycles. The number of hydrogen-bond donors (Lipinski definition) is 1. The van der Waals surface area contributed by atoms with Gasteiger partial charge in [-0.25, -0.2) is 31.1 Å². The number of alkyl halides is 2. The van der Waals surface area contributed by atoms with Crippen molar-refractivity contribution in [3.63, 3.8) is 0 Å². The molecule has 1 heterocycles. The number of halogens is 8. The van der Waals surface area contributed by atoms with Crippen molar-refractivity contribution in [2.24, 2.45) is 0 Å². The van der Waals surface area contributed by atoms with E-state index in [1.807, 2.05) is 0 Å². The van der Waals surface area contributed by atoms with Crippen LogP contribution >= 0.6 is 0 Å². The van der Waals surface area contributed by atoms with Crippen LogP contribution < -0.4 is 9.64 Å². The van der Waals surface area contributed by atoms with Crippen LogP contribution in [0.3, 0.4) is 0 Å². The summed E-state index contributed by atoms with van der Waals surface area (Å²) in [6, 6.07) is -1.62. The first-order chi connectivity index (χ1) is 13.8. The summed E-state index contributed by atoms with van der Waals surface area (Å²) in [5.41, 5.74) is -3.95. The standard InChI is InChI=1S/C17H7F8NO4/c1-4(15(27)28)26-7-2-5(6(18)3-8(7)30-17(24,25)16(26)29)9-10(19)12(21)14(23)13(22)11(9)20/h2-4H,1H3,(H,27,28). The summed E-state index contributed by atoms with van der Waals surface area (Å²) >= 11 is 0. The number of ether oxygens (including phenoxy) is 1. The zero-order chi connectivity index (χ0) is 22.7. The van der Waals surface area contributed by atoms with E-state index < -0.39 is 81.5 Å². The van der Waals surface area contributed by atoms with Gasteiger partial charge in [0.15, 0.2) is 29.0 Å². The van der Waals surface area contributed by atoms with Crippen molar-refractivity contribution in [1.29, 1.82) is 0 Å². The molecule has 1 unspecified atom stereocenters. The first kappa shape index (κ1) is 21.3. The molecule has 3 rings (SSSR count). The summed E-state index contributed by atoms with van der Waals surface area (Å²) in [5.74, 6) is -19.1. The van der Waals surface area contributed by atoms with Crippen LogP contribution in [0.5, 0.6) is 5.75 Å². The summed E-state index contributed by atoms with van der Waals surface area (Å²) < 4.78 is 114. The highest BCUT2D eigenvalue weighted by atomic mass is 19.3. The number of carbonyl (C=O) groups excluding carboxylic acids is 1. The molecule has 0 aromatic heterocycles. The fraction of sp³-hybridized carbons (Fsp3) is 0.176. The van der Waals surface area contributed by atoms with Crippen LogP contribution in [0.4, 0.5) is 40.8 Å². The Balaban J connectivity index is 2.34. The highest BCUT2D eigenvalue weighted by molar-refractivity contribution is 6.05. The second kappa shape index (κ2) is 6.85. The van der Waals surface area contributed by atoms with E-state index in [-0.39, 0.29) is 17.0 Å². The molecule has 5 nitrogen and oxygen atoms in total. The Morgan fingerprint density at radius 3 is 2.00 bits per heavy atom.